The summed E-state index contributed by atoms with van der Waals surface area (Å²) in [4.78, 5) is 23.9. The molecular formula is C15H20FNO4. The molecule has 2 N–H and O–H groups in total. The molecule has 1 aromatic carbocycles. The minimum absolute atomic E-state index is 0.170. The number of hydrogen-bond donors (Lipinski definition) is 2. The number of nitrogens with one attached hydrogen (secondary N) is 1. The summed E-state index contributed by atoms with van der Waals surface area (Å²) in [7, 11) is 1.24. The lowest BCUT2D eigenvalue weighted by atomic mass is 9.97. The van der Waals surface area contributed by atoms with Gasteiger partial charge in [-0.2, -0.15) is 0 Å². The first-order valence-electron chi connectivity index (χ1n) is 6.54. The number of esters is 1. The van der Waals surface area contributed by atoms with Crippen LogP contribution in [0.2, 0.25) is 0 Å². The Morgan fingerprint density at radius 2 is 1.90 bits per heavy atom. The zero-order chi connectivity index (χ0) is 16.0. The Hall–Kier alpha value is -1.79. The summed E-state index contributed by atoms with van der Waals surface area (Å²) < 4.78 is 17.5. The Balaban J connectivity index is 2.96. The number of hydrogen-bond acceptors (Lipinski definition) is 5. The number of rotatable bonds is 7. The van der Waals surface area contributed by atoms with Gasteiger partial charge in [0.25, 0.3) is 0 Å². The van der Waals surface area contributed by atoms with Crippen molar-refractivity contribution in [1.29, 1.82) is 0 Å². The van der Waals surface area contributed by atoms with Crippen LogP contribution in [0, 0.1) is 5.82 Å². The molecule has 1 unspecified atom stereocenters. The van der Waals surface area contributed by atoms with Crippen molar-refractivity contribution in [2.24, 2.45) is 0 Å². The maximum atomic E-state index is 12.9. The van der Waals surface area contributed by atoms with Crippen LogP contribution in [0.4, 0.5) is 4.39 Å². The standard InChI is InChI=1S/C15H20FNO4/c1-15(2,9-18)17-12(8-13(19)21-3)14(20)10-4-6-11(16)7-5-10/h4-7,12,17-18H,8-9H2,1-3H3. The second-order valence-electron chi connectivity index (χ2n) is 5.39. The van der Waals surface area contributed by atoms with Gasteiger partial charge in [0.1, 0.15) is 5.82 Å². The smallest absolute Gasteiger partial charge is 0.307 e. The first-order chi connectivity index (χ1) is 9.79. The Labute approximate surface area is 123 Å². The molecule has 0 aromatic heterocycles. The fourth-order valence-corrected chi connectivity index (χ4v) is 1.79. The summed E-state index contributed by atoms with van der Waals surface area (Å²) in [6, 6.07) is 4.22. The molecule has 1 aromatic rings. The van der Waals surface area contributed by atoms with Gasteiger partial charge in [-0.05, 0) is 38.1 Å². The molecule has 0 heterocycles. The summed E-state index contributed by atoms with van der Waals surface area (Å²) in [5, 5.41) is 12.2. The van der Waals surface area contributed by atoms with Crippen molar-refractivity contribution in [3.05, 3.63) is 35.6 Å². The molecule has 1 rings (SSSR count). The minimum Gasteiger partial charge on any atom is -0.469 e. The predicted molar refractivity (Wildman–Crippen MR) is 75.5 cm³/mol. The molecule has 5 nitrogen and oxygen atoms in total. The zero-order valence-corrected chi connectivity index (χ0v) is 12.4. The van der Waals surface area contributed by atoms with Crippen LogP contribution in [-0.2, 0) is 9.53 Å². The highest BCUT2D eigenvalue weighted by atomic mass is 19.1. The number of carbonyl (C=O) groups is 2. The average molecular weight is 297 g/mol. The van der Waals surface area contributed by atoms with Gasteiger partial charge in [-0.3, -0.25) is 14.9 Å². The first kappa shape index (κ1) is 17.3. The highest BCUT2D eigenvalue weighted by molar-refractivity contribution is 6.01. The van der Waals surface area contributed by atoms with Crippen molar-refractivity contribution < 1.29 is 23.8 Å². The fourth-order valence-electron chi connectivity index (χ4n) is 1.79. The third kappa shape index (κ3) is 5.24. The van der Waals surface area contributed by atoms with Crippen LogP contribution in [-0.4, -0.2) is 42.2 Å². The van der Waals surface area contributed by atoms with E-state index in [1.165, 1.54) is 31.4 Å². The van der Waals surface area contributed by atoms with Crippen molar-refractivity contribution in [3.63, 3.8) is 0 Å². The summed E-state index contributed by atoms with van der Waals surface area (Å²) in [6.45, 7) is 3.20. The van der Waals surface area contributed by atoms with Crippen molar-refractivity contribution in [1.82, 2.24) is 5.32 Å². The monoisotopic (exact) mass is 297 g/mol. The summed E-state index contributed by atoms with van der Waals surface area (Å²) in [6.07, 6.45) is -0.170. The molecule has 0 spiro atoms. The molecule has 1 atom stereocenters. The largest absolute Gasteiger partial charge is 0.469 e. The minimum atomic E-state index is -0.856. The Kier molecular flexibility index (Phi) is 5.99. The normalized spacial score (nSPS) is 12.8. The molecule has 0 aliphatic carbocycles. The van der Waals surface area contributed by atoms with Gasteiger partial charge in [-0.1, -0.05) is 0 Å². The van der Waals surface area contributed by atoms with Crippen LogP contribution in [0.3, 0.4) is 0 Å². The molecule has 0 aliphatic heterocycles. The van der Waals surface area contributed by atoms with Gasteiger partial charge in [0.05, 0.1) is 26.2 Å². The molecule has 6 heteroatoms. The lowest BCUT2D eigenvalue weighted by Crippen LogP contribution is -2.52. The number of methoxy groups -OCH3 is 1. The summed E-state index contributed by atoms with van der Waals surface area (Å²) in [5.41, 5.74) is -0.458. The van der Waals surface area contributed by atoms with Gasteiger partial charge in [-0.25, -0.2) is 4.39 Å². The molecule has 0 saturated heterocycles. The number of aliphatic hydroxyl groups excluding tert-OH is 1. The van der Waals surface area contributed by atoms with Gasteiger partial charge in [0, 0.05) is 11.1 Å². The number of carbonyl (C=O) groups excluding carboxylic acids is 2. The van der Waals surface area contributed by atoms with Crippen LogP contribution in [0.5, 0.6) is 0 Å². The van der Waals surface area contributed by atoms with Crippen LogP contribution >= 0.6 is 0 Å². The van der Waals surface area contributed by atoms with E-state index in [0.29, 0.717) is 0 Å². The third-order valence-corrected chi connectivity index (χ3v) is 3.00. The average Bonchev–Trinajstić information content (AvgIpc) is 2.46. The highest BCUT2D eigenvalue weighted by Crippen LogP contribution is 2.12. The molecule has 0 saturated carbocycles. The van der Waals surface area contributed by atoms with E-state index in [2.05, 4.69) is 10.1 Å². The lowest BCUT2D eigenvalue weighted by molar-refractivity contribution is -0.141. The molecule has 0 fully saturated rings. The second-order valence-corrected chi connectivity index (χ2v) is 5.39. The zero-order valence-electron chi connectivity index (χ0n) is 12.4. The van der Waals surface area contributed by atoms with E-state index in [4.69, 9.17) is 0 Å². The van der Waals surface area contributed by atoms with E-state index in [9.17, 15) is 19.1 Å². The van der Waals surface area contributed by atoms with E-state index < -0.39 is 23.4 Å². The molecule has 0 bridgehead atoms. The Bertz CT molecular complexity index is 499. The van der Waals surface area contributed by atoms with Gasteiger partial charge in [0.2, 0.25) is 0 Å². The number of ether oxygens (including phenoxy) is 1. The predicted octanol–water partition coefficient (Wildman–Crippen LogP) is 1.30. The summed E-state index contributed by atoms with van der Waals surface area (Å²) >= 11 is 0. The third-order valence-electron chi connectivity index (χ3n) is 3.00. The topological polar surface area (TPSA) is 75.6 Å². The molecule has 0 aliphatic rings. The van der Waals surface area contributed by atoms with Crippen LogP contribution in [0.25, 0.3) is 0 Å². The van der Waals surface area contributed by atoms with Gasteiger partial charge < -0.3 is 9.84 Å². The van der Waals surface area contributed by atoms with Crippen molar-refractivity contribution >= 4 is 11.8 Å². The SMILES string of the molecule is COC(=O)CC(NC(C)(C)CO)C(=O)c1ccc(F)cc1. The number of halogens is 1. The van der Waals surface area contributed by atoms with Gasteiger partial charge in [-0.15, -0.1) is 0 Å². The van der Waals surface area contributed by atoms with Crippen molar-refractivity contribution in [2.45, 2.75) is 31.8 Å². The second kappa shape index (κ2) is 7.28. The Morgan fingerprint density at radius 3 is 2.38 bits per heavy atom. The highest BCUT2D eigenvalue weighted by Gasteiger charge is 2.29. The van der Waals surface area contributed by atoms with Crippen LogP contribution in [0.1, 0.15) is 30.6 Å². The fraction of sp³-hybridized carbons (Fsp3) is 0.467. The molecular weight excluding hydrogens is 277 g/mol. The van der Waals surface area contributed by atoms with Crippen molar-refractivity contribution in [2.75, 3.05) is 13.7 Å². The number of aliphatic hydroxyl groups is 1. The van der Waals surface area contributed by atoms with E-state index >= 15 is 0 Å². The van der Waals surface area contributed by atoms with E-state index in [1.807, 2.05) is 0 Å². The van der Waals surface area contributed by atoms with Crippen LogP contribution < -0.4 is 5.32 Å². The quantitative estimate of drug-likeness (QED) is 0.586. The lowest BCUT2D eigenvalue weighted by Gasteiger charge is -2.29. The maximum absolute atomic E-state index is 12.9. The molecule has 0 radical (unpaired) electrons. The van der Waals surface area contributed by atoms with Gasteiger partial charge >= 0.3 is 5.97 Å². The number of benzene rings is 1. The van der Waals surface area contributed by atoms with E-state index in [-0.39, 0.29) is 24.4 Å². The Morgan fingerprint density at radius 1 is 1.33 bits per heavy atom. The number of ketones is 1. The molecule has 116 valence electrons. The first-order valence-corrected chi connectivity index (χ1v) is 6.54. The van der Waals surface area contributed by atoms with E-state index in [0.717, 1.165) is 0 Å². The van der Waals surface area contributed by atoms with E-state index in [1.54, 1.807) is 13.8 Å². The molecule has 0 amide bonds. The van der Waals surface area contributed by atoms with Gasteiger partial charge in [0.15, 0.2) is 5.78 Å². The van der Waals surface area contributed by atoms with Crippen LogP contribution in [0.15, 0.2) is 24.3 Å². The molecule has 21 heavy (non-hydrogen) atoms. The summed E-state index contributed by atoms with van der Waals surface area (Å²) in [5.74, 6) is -1.35. The maximum Gasteiger partial charge on any atom is 0.307 e. The number of Topliss-reactive ketones (excluding diaryl/α,β-unsaturated/α-hetero) is 1. The van der Waals surface area contributed by atoms with Crippen molar-refractivity contribution in [3.8, 4) is 0 Å².